The summed E-state index contributed by atoms with van der Waals surface area (Å²) in [4.78, 5) is 33.9. The first kappa shape index (κ1) is 16.6. The van der Waals surface area contributed by atoms with E-state index in [-0.39, 0.29) is 12.8 Å². The maximum absolute atomic E-state index is 11.8. The normalized spacial score (nSPS) is 13.0. The van der Waals surface area contributed by atoms with Crippen molar-refractivity contribution in [3.05, 3.63) is 46.0 Å². The number of nitrogens with zero attached hydrogens (tertiary/aromatic N) is 1. The Hall–Kier alpha value is -2.44. The first-order valence-electron chi connectivity index (χ1n) is 6.31. The molecule has 0 amide bonds. The monoisotopic (exact) mass is 295 g/mol. The summed E-state index contributed by atoms with van der Waals surface area (Å²) in [5, 5.41) is 11.3. The standard InChI is InChI=1S/C14H17NO6/c1-20-13(16)9-11(14(17)21-2)12(15(18)19)8-10-6-4-3-5-7-10/h3-7,11-12H,8-9H2,1-2H3. The molecule has 0 aromatic heterocycles. The van der Waals surface area contributed by atoms with Crippen molar-refractivity contribution in [1.82, 2.24) is 0 Å². The Balaban J connectivity index is 2.99. The Kier molecular flexibility index (Phi) is 6.32. The lowest BCUT2D eigenvalue weighted by Gasteiger charge is -2.18. The van der Waals surface area contributed by atoms with Crippen LogP contribution < -0.4 is 0 Å². The zero-order valence-electron chi connectivity index (χ0n) is 11.9. The summed E-state index contributed by atoms with van der Waals surface area (Å²) in [6.45, 7) is 0. The third-order valence-electron chi connectivity index (χ3n) is 3.14. The van der Waals surface area contributed by atoms with Crippen molar-refractivity contribution in [1.29, 1.82) is 0 Å². The fourth-order valence-electron chi connectivity index (χ4n) is 2.01. The predicted octanol–water partition coefficient (Wildman–Crippen LogP) is 1.23. The molecule has 7 heteroatoms. The highest BCUT2D eigenvalue weighted by Crippen LogP contribution is 2.19. The van der Waals surface area contributed by atoms with Gasteiger partial charge in [0.1, 0.15) is 5.92 Å². The topological polar surface area (TPSA) is 95.7 Å². The van der Waals surface area contributed by atoms with Crippen molar-refractivity contribution < 1.29 is 24.0 Å². The highest BCUT2D eigenvalue weighted by Gasteiger charge is 2.39. The van der Waals surface area contributed by atoms with E-state index in [9.17, 15) is 19.7 Å². The average Bonchev–Trinajstić information content (AvgIpc) is 2.50. The Morgan fingerprint density at radius 1 is 1.19 bits per heavy atom. The fourth-order valence-corrected chi connectivity index (χ4v) is 2.01. The van der Waals surface area contributed by atoms with E-state index in [1.165, 1.54) is 0 Å². The Bertz CT molecular complexity index is 501. The molecule has 0 saturated heterocycles. The van der Waals surface area contributed by atoms with Gasteiger partial charge in [-0.2, -0.15) is 0 Å². The van der Waals surface area contributed by atoms with E-state index < -0.39 is 28.8 Å². The lowest BCUT2D eigenvalue weighted by Crippen LogP contribution is -2.38. The molecule has 0 spiro atoms. The van der Waals surface area contributed by atoms with Crippen molar-refractivity contribution in [2.24, 2.45) is 5.92 Å². The first-order valence-corrected chi connectivity index (χ1v) is 6.31. The number of benzene rings is 1. The van der Waals surface area contributed by atoms with Gasteiger partial charge in [0.25, 0.3) is 0 Å². The van der Waals surface area contributed by atoms with Gasteiger partial charge in [0.15, 0.2) is 0 Å². The van der Waals surface area contributed by atoms with E-state index in [4.69, 9.17) is 0 Å². The number of ether oxygens (including phenoxy) is 2. The zero-order chi connectivity index (χ0) is 15.8. The number of carbonyl (C=O) groups is 2. The highest BCUT2D eigenvalue weighted by atomic mass is 16.6. The second kappa shape index (κ2) is 7.98. The quantitative estimate of drug-likeness (QED) is 0.426. The summed E-state index contributed by atoms with van der Waals surface area (Å²) in [5.41, 5.74) is 0.706. The van der Waals surface area contributed by atoms with E-state index >= 15 is 0 Å². The molecule has 1 aromatic carbocycles. The molecule has 1 aromatic rings. The largest absolute Gasteiger partial charge is 0.469 e. The van der Waals surface area contributed by atoms with E-state index in [0.717, 1.165) is 14.2 Å². The summed E-state index contributed by atoms with van der Waals surface area (Å²) in [7, 11) is 2.29. The van der Waals surface area contributed by atoms with Gasteiger partial charge in [0, 0.05) is 11.3 Å². The molecule has 0 N–H and O–H groups in total. The van der Waals surface area contributed by atoms with Gasteiger partial charge in [-0.25, -0.2) is 0 Å². The zero-order valence-corrected chi connectivity index (χ0v) is 11.9. The number of hydrogen-bond donors (Lipinski definition) is 0. The van der Waals surface area contributed by atoms with Crippen molar-refractivity contribution in [3.63, 3.8) is 0 Å². The Morgan fingerprint density at radius 2 is 1.81 bits per heavy atom. The molecule has 0 fully saturated rings. The molecular weight excluding hydrogens is 278 g/mol. The molecule has 0 aliphatic heterocycles. The number of rotatable bonds is 7. The van der Waals surface area contributed by atoms with Gasteiger partial charge >= 0.3 is 11.9 Å². The molecule has 1 rings (SSSR count). The first-order chi connectivity index (χ1) is 9.99. The number of hydrogen-bond acceptors (Lipinski definition) is 6. The molecule has 2 atom stereocenters. The molecule has 21 heavy (non-hydrogen) atoms. The molecule has 0 saturated carbocycles. The molecule has 0 bridgehead atoms. The Morgan fingerprint density at radius 3 is 2.29 bits per heavy atom. The van der Waals surface area contributed by atoms with Gasteiger partial charge in [-0.1, -0.05) is 30.3 Å². The minimum absolute atomic E-state index is 0.0323. The number of esters is 2. The van der Waals surface area contributed by atoms with Crippen LogP contribution in [0.5, 0.6) is 0 Å². The number of nitro groups is 1. The van der Waals surface area contributed by atoms with Crippen LogP contribution in [-0.4, -0.2) is 37.1 Å². The van der Waals surface area contributed by atoms with Crippen LogP contribution in [0.15, 0.2) is 30.3 Å². The molecule has 114 valence electrons. The maximum atomic E-state index is 11.8. The van der Waals surface area contributed by atoms with Gasteiger partial charge in [0.2, 0.25) is 6.04 Å². The van der Waals surface area contributed by atoms with Gasteiger partial charge in [-0.05, 0) is 5.56 Å². The van der Waals surface area contributed by atoms with Crippen molar-refractivity contribution in [3.8, 4) is 0 Å². The highest BCUT2D eigenvalue weighted by molar-refractivity contribution is 5.80. The molecule has 0 aliphatic rings. The van der Waals surface area contributed by atoms with Gasteiger partial charge in [0.05, 0.1) is 20.6 Å². The third-order valence-corrected chi connectivity index (χ3v) is 3.14. The van der Waals surface area contributed by atoms with Crippen LogP contribution in [0.25, 0.3) is 0 Å². The molecule has 0 radical (unpaired) electrons. The van der Waals surface area contributed by atoms with Crippen molar-refractivity contribution in [2.45, 2.75) is 18.9 Å². The van der Waals surface area contributed by atoms with Gasteiger partial charge in [-0.15, -0.1) is 0 Å². The van der Waals surface area contributed by atoms with Crippen molar-refractivity contribution >= 4 is 11.9 Å². The molecular formula is C14H17NO6. The minimum Gasteiger partial charge on any atom is -0.469 e. The van der Waals surface area contributed by atoms with E-state index in [0.29, 0.717) is 5.56 Å². The van der Waals surface area contributed by atoms with Crippen LogP contribution in [0.3, 0.4) is 0 Å². The summed E-state index contributed by atoms with van der Waals surface area (Å²) < 4.78 is 9.06. The Labute approximate surface area is 122 Å². The molecule has 0 heterocycles. The van der Waals surface area contributed by atoms with Crippen LogP contribution in [0, 0.1) is 16.0 Å². The van der Waals surface area contributed by atoms with Crippen molar-refractivity contribution in [2.75, 3.05) is 14.2 Å². The summed E-state index contributed by atoms with van der Waals surface area (Å²) in [6.07, 6.45) is -0.355. The smallest absolute Gasteiger partial charge is 0.316 e. The van der Waals surface area contributed by atoms with E-state index in [2.05, 4.69) is 9.47 Å². The van der Waals surface area contributed by atoms with E-state index in [1.807, 2.05) is 0 Å². The van der Waals surface area contributed by atoms with E-state index in [1.54, 1.807) is 30.3 Å². The van der Waals surface area contributed by atoms with Crippen LogP contribution >= 0.6 is 0 Å². The predicted molar refractivity (Wildman–Crippen MR) is 73.1 cm³/mol. The van der Waals surface area contributed by atoms with Gasteiger partial charge in [-0.3, -0.25) is 19.7 Å². The minimum atomic E-state index is -1.25. The summed E-state index contributed by atoms with van der Waals surface area (Å²) in [5.74, 6) is -2.67. The maximum Gasteiger partial charge on any atom is 0.316 e. The number of carbonyl (C=O) groups excluding carboxylic acids is 2. The lowest BCUT2D eigenvalue weighted by molar-refractivity contribution is -0.529. The SMILES string of the molecule is COC(=O)CC(C(=O)OC)C(Cc1ccccc1)[N+](=O)[O-]. The molecule has 7 nitrogen and oxygen atoms in total. The van der Waals surface area contributed by atoms with Crippen LogP contribution in [0.1, 0.15) is 12.0 Å². The van der Waals surface area contributed by atoms with Crippen LogP contribution in [0.4, 0.5) is 0 Å². The summed E-state index contributed by atoms with van der Waals surface area (Å²) >= 11 is 0. The fraction of sp³-hybridized carbons (Fsp3) is 0.429. The molecule has 0 aliphatic carbocycles. The second-order valence-corrected chi connectivity index (χ2v) is 4.45. The number of methoxy groups -OCH3 is 2. The summed E-state index contributed by atoms with van der Waals surface area (Å²) in [6, 6.07) is 7.49. The van der Waals surface area contributed by atoms with Crippen LogP contribution in [0.2, 0.25) is 0 Å². The van der Waals surface area contributed by atoms with Gasteiger partial charge < -0.3 is 9.47 Å². The lowest BCUT2D eigenvalue weighted by atomic mass is 9.91. The third kappa shape index (κ3) is 4.87. The molecule has 2 unspecified atom stereocenters. The van der Waals surface area contributed by atoms with Crippen LogP contribution in [-0.2, 0) is 25.5 Å². The second-order valence-electron chi connectivity index (χ2n) is 4.45. The average molecular weight is 295 g/mol.